The van der Waals surface area contributed by atoms with E-state index in [0.717, 1.165) is 11.8 Å². The third kappa shape index (κ3) is 0.923. The highest BCUT2D eigenvalue weighted by Crippen LogP contribution is 2.37. The molecular formula is C6H8O3S. The van der Waals surface area contributed by atoms with Gasteiger partial charge in [-0.25, -0.2) is 0 Å². The maximum atomic E-state index is 10.9. The Balaban J connectivity index is 2.86. The Labute approximate surface area is 62.8 Å². The summed E-state index contributed by atoms with van der Waals surface area (Å²) in [5.74, 6) is -0.357. The lowest BCUT2D eigenvalue weighted by atomic mass is 9.90. The highest BCUT2D eigenvalue weighted by molar-refractivity contribution is 8.14. The van der Waals surface area contributed by atoms with Gasteiger partial charge in [-0.1, -0.05) is 11.8 Å². The fourth-order valence-corrected chi connectivity index (χ4v) is 2.01. The third-order valence-electron chi connectivity index (χ3n) is 1.76. The average Bonchev–Trinajstić information content (AvgIpc) is 2.15. The molecule has 56 valence electrons. The first-order valence-electron chi connectivity index (χ1n) is 2.98. The van der Waals surface area contributed by atoms with Crippen LogP contribution in [0.4, 0.5) is 0 Å². The Morgan fingerprint density at radius 1 is 1.80 bits per heavy atom. The molecule has 0 aromatic carbocycles. The van der Waals surface area contributed by atoms with Crippen LogP contribution >= 0.6 is 11.8 Å². The lowest BCUT2D eigenvalue weighted by molar-refractivity contribution is -0.150. The Hall–Kier alpha value is -0.510. The molecule has 0 spiro atoms. The van der Waals surface area contributed by atoms with E-state index in [-0.39, 0.29) is 5.12 Å². The van der Waals surface area contributed by atoms with Crippen molar-refractivity contribution in [2.45, 2.75) is 13.3 Å². The molecule has 0 saturated carbocycles. The van der Waals surface area contributed by atoms with Gasteiger partial charge >= 0.3 is 5.97 Å². The molecule has 4 heteroatoms. The molecule has 0 aromatic rings. The zero-order valence-corrected chi connectivity index (χ0v) is 6.40. The van der Waals surface area contributed by atoms with Crippen LogP contribution in [0.2, 0.25) is 0 Å². The summed E-state index contributed by atoms with van der Waals surface area (Å²) in [6, 6.07) is 0. The van der Waals surface area contributed by atoms with Crippen molar-refractivity contribution in [3.05, 3.63) is 0 Å². The van der Waals surface area contributed by atoms with Crippen LogP contribution in [0.1, 0.15) is 13.3 Å². The summed E-state index contributed by atoms with van der Waals surface area (Å²) in [4.78, 5) is 21.4. The second-order valence-corrected chi connectivity index (χ2v) is 3.59. The third-order valence-corrected chi connectivity index (χ3v) is 2.88. The van der Waals surface area contributed by atoms with E-state index in [2.05, 4.69) is 0 Å². The van der Waals surface area contributed by atoms with Crippen LogP contribution in [0.5, 0.6) is 0 Å². The van der Waals surface area contributed by atoms with Gasteiger partial charge in [0.05, 0.1) is 0 Å². The van der Waals surface area contributed by atoms with Gasteiger partial charge in [0, 0.05) is 5.75 Å². The Kier molecular flexibility index (Phi) is 1.72. The number of thioether (sulfide) groups is 1. The second kappa shape index (κ2) is 2.27. The number of aliphatic carboxylic acids is 1. The minimum absolute atomic E-state index is 0.208. The monoisotopic (exact) mass is 160 g/mol. The highest BCUT2D eigenvalue weighted by atomic mass is 32.2. The molecular weight excluding hydrogens is 152 g/mol. The van der Waals surface area contributed by atoms with Crippen molar-refractivity contribution in [1.29, 1.82) is 0 Å². The largest absolute Gasteiger partial charge is 0.480 e. The number of carboxylic acid groups (broad SMARTS) is 1. The molecule has 0 amide bonds. The van der Waals surface area contributed by atoms with Crippen molar-refractivity contribution in [1.82, 2.24) is 0 Å². The standard InChI is InChI=1S/C6H8O3S/c1-6(4(7)8)2-3-10-5(6)9/h2-3H2,1H3,(H,7,8). The molecule has 1 N–H and O–H groups in total. The molecule has 1 rings (SSSR count). The van der Waals surface area contributed by atoms with E-state index in [1.807, 2.05) is 0 Å². The second-order valence-electron chi connectivity index (χ2n) is 2.52. The van der Waals surface area contributed by atoms with Crippen molar-refractivity contribution in [3.8, 4) is 0 Å². The van der Waals surface area contributed by atoms with Crippen molar-refractivity contribution < 1.29 is 14.7 Å². The molecule has 10 heavy (non-hydrogen) atoms. The molecule has 1 fully saturated rings. The minimum Gasteiger partial charge on any atom is -0.480 e. The SMILES string of the molecule is CC1(C(=O)O)CCSC1=O. The molecule has 0 aromatic heterocycles. The number of carboxylic acids is 1. The fraction of sp³-hybridized carbons (Fsp3) is 0.667. The van der Waals surface area contributed by atoms with Gasteiger partial charge in [0.15, 0.2) is 0 Å². The Bertz CT molecular complexity index is 189. The molecule has 0 bridgehead atoms. The summed E-state index contributed by atoms with van der Waals surface area (Å²) in [6.45, 7) is 1.48. The predicted octanol–water partition coefficient (Wildman–Crippen LogP) is 0.741. The van der Waals surface area contributed by atoms with Gasteiger partial charge in [0.25, 0.3) is 0 Å². The lowest BCUT2D eigenvalue weighted by Crippen LogP contribution is -2.30. The highest BCUT2D eigenvalue weighted by Gasteiger charge is 2.45. The number of rotatable bonds is 1. The quantitative estimate of drug-likeness (QED) is 0.575. The Morgan fingerprint density at radius 2 is 2.40 bits per heavy atom. The lowest BCUT2D eigenvalue weighted by Gasteiger charge is -2.12. The van der Waals surface area contributed by atoms with Crippen molar-refractivity contribution in [2.24, 2.45) is 5.41 Å². The molecule has 1 unspecified atom stereocenters. The van der Waals surface area contributed by atoms with E-state index in [9.17, 15) is 9.59 Å². The first kappa shape index (κ1) is 7.60. The van der Waals surface area contributed by atoms with Crippen LogP contribution in [0.25, 0.3) is 0 Å². The number of hydrogen-bond acceptors (Lipinski definition) is 3. The van der Waals surface area contributed by atoms with Crippen LogP contribution in [-0.2, 0) is 9.59 Å². The van der Waals surface area contributed by atoms with E-state index in [1.165, 1.54) is 6.92 Å². The van der Waals surface area contributed by atoms with Crippen LogP contribution < -0.4 is 0 Å². The maximum absolute atomic E-state index is 10.9. The minimum atomic E-state index is -1.11. The summed E-state index contributed by atoms with van der Waals surface area (Å²) < 4.78 is 0. The smallest absolute Gasteiger partial charge is 0.317 e. The summed E-state index contributed by atoms with van der Waals surface area (Å²) in [5, 5.41) is 8.40. The van der Waals surface area contributed by atoms with Gasteiger partial charge in [-0.3, -0.25) is 9.59 Å². The molecule has 1 aliphatic rings. The summed E-state index contributed by atoms with van der Waals surface area (Å²) in [6.07, 6.45) is 0.464. The zero-order chi connectivity index (χ0) is 7.78. The van der Waals surface area contributed by atoms with Crippen LogP contribution in [0.15, 0.2) is 0 Å². The Morgan fingerprint density at radius 3 is 2.60 bits per heavy atom. The maximum Gasteiger partial charge on any atom is 0.317 e. The van der Waals surface area contributed by atoms with Crippen molar-refractivity contribution in [2.75, 3.05) is 5.75 Å². The number of carbonyl (C=O) groups excluding carboxylic acids is 1. The number of carbonyl (C=O) groups is 2. The van der Waals surface area contributed by atoms with Gasteiger partial charge in [-0.15, -0.1) is 0 Å². The van der Waals surface area contributed by atoms with E-state index in [0.29, 0.717) is 12.2 Å². The summed E-state index contributed by atoms with van der Waals surface area (Å²) in [5.41, 5.74) is -1.11. The van der Waals surface area contributed by atoms with Crippen LogP contribution in [0.3, 0.4) is 0 Å². The van der Waals surface area contributed by atoms with Gasteiger partial charge in [-0.2, -0.15) is 0 Å². The van der Waals surface area contributed by atoms with Crippen LogP contribution in [-0.4, -0.2) is 21.9 Å². The van der Waals surface area contributed by atoms with E-state index < -0.39 is 11.4 Å². The summed E-state index contributed by atoms with van der Waals surface area (Å²) in [7, 11) is 0. The molecule has 1 saturated heterocycles. The van der Waals surface area contributed by atoms with Crippen molar-refractivity contribution >= 4 is 22.8 Å². The van der Waals surface area contributed by atoms with Gasteiger partial charge in [0.2, 0.25) is 5.12 Å². The summed E-state index contributed by atoms with van der Waals surface area (Å²) >= 11 is 1.11. The predicted molar refractivity (Wildman–Crippen MR) is 37.8 cm³/mol. The van der Waals surface area contributed by atoms with Crippen molar-refractivity contribution in [3.63, 3.8) is 0 Å². The van der Waals surface area contributed by atoms with Gasteiger partial charge in [0.1, 0.15) is 5.41 Å². The topological polar surface area (TPSA) is 54.4 Å². The van der Waals surface area contributed by atoms with E-state index in [1.54, 1.807) is 0 Å². The molecule has 1 heterocycles. The molecule has 0 aliphatic carbocycles. The average molecular weight is 160 g/mol. The zero-order valence-electron chi connectivity index (χ0n) is 5.59. The first-order chi connectivity index (χ1) is 4.57. The molecule has 1 aliphatic heterocycles. The molecule has 3 nitrogen and oxygen atoms in total. The van der Waals surface area contributed by atoms with Gasteiger partial charge < -0.3 is 5.11 Å². The van der Waals surface area contributed by atoms with Gasteiger partial charge in [-0.05, 0) is 13.3 Å². The fourth-order valence-electron chi connectivity index (χ4n) is 0.803. The molecule has 0 radical (unpaired) electrons. The van der Waals surface area contributed by atoms with E-state index in [4.69, 9.17) is 5.11 Å². The first-order valence-corrected chi connectivity index (χ1v) is 3.96. The van der Waals surface area contributed by atoms with Crippen LogP contribution in [0, 0.1) is 5.41 Å². The molecule has 1 atom stereocenters. The number of hydrogen-bond donors (Lipinski definition) is 1. The van der Waals surface area contributed by atoms with E-state index >= 15 is 0 Å². The normalized spacial score (nSPS) is 32.7.